The van der Waals surface area contributed by atoms with E-state index in [1.807, 2.05) is 6.92 Å². The van der Waals surface area contributed by atoms with Crippen LogP contribution in [0.2, 0.25) is 0 Å². The highest BCUT2D eigenvalue weighted by Crippen LogP contribution is 2.22. The van der Waals surface area contributed by atoms with Gasteiger partial charge in [0.1, 0.15) is 0 Å². The third-order valence-corrected chi connectivity index (χ3v) is 3.43. The monoisotopic (exact) mass is 276 g/mol. The molecule has 108 valence electrons. The summed E-state index contributed by atoms with van der Waals surface area (Å²) in [5.41, 5.74) is 1.99. The average molecular weight is 276 g/mol. The molecule has 0 aliphatic carbocycles. The second-order valence-electron chi connectivity index (χ2n) is 5.11. The molecule has 19 heavy (non-hydrogen) atoms. The lowest BCUT2D eigenvalue weighted by molar-refractivity contribution is -0.143. The first-order chi connectivity index (χ1) is 8.94. The van der Waals surface area contributed by atoms with Crippen LogP contribution in [0.1, 0.15) is 17.8 Å². The Balaban J connectivity index is 1.67. The second-order valence-corrected chi connectivity index (χ2v) is 5.11. The van der Waals surface area contributed by atoms with Gasteiger partial charge in [0, 0.05) is 18.8 Å². The van der Waals surface area contributed by atoms with Crippen LogP contribution in [0.3, 0.4) is 0 Å². The number of nitrogens with one attached hydrogen (secondary N) is 2. The molecule has 0 amide bonds. The summed E-state index contributed by atoms with van der Waals surface area (Å²) in [7, 11) is 0. The van der Waals surface area contributed by atoms with Gasteiger partial charge >= 0.3 is 6.18 Å². The Morgan fingerprint density at radius 2 is 2.32 bits per heavy atom. The standard InChI is InChI=1S/C12H19F3N4/c1-9-11(18-8-17-9)5-16-4-10-2-3-19(6-10)7-12(13,14)15/h8,10,16H,2-7H2,1H3,(H,17,18). The predicted octanol–water partition coefficient (Wildman–Crippen LogP) is 1.69. The summed E-state index contributed by atoms with van der Waals surface area (Å²) in [5.74, 6) is 0.293. The molecule has 7 heteroatoms. The SMILES string of the molecule is Cc1[nH]cnc1CNCC1CCN(CC(F)(F)F)C1. The molecule has 2 heterocycles. The lowest BCUT2D eigenvalue weighted by Crippen LogP contribution is -2.33. The number of halogens is 3. The summed E-state index contributed by atoms with van der Waals surface area (Å²) < 4.78 is 36.7. The first kappa shape index (κ1) is 14.3. The van der Waals surface area contributed by atoms with Gasteiger partial charge in [-0.25, -0.2) is 4.98 Å². The van der Waals surface area contributed by atoms with Crippen molar-refractivity contribution < 1.29 is 13.2 Å². The zero-order valence-electron chi connectivity index (χ0n) is 10.9. The Bertz CT molecular complexity index is 402. The molecule has 1 unspecified atom stereocenters. The molecule has 4 nitrogen and oxygen atoms in total. The molecule has 1 fully saturated rings. The van der Waals surface area contributed by atoms with Crippen LogP contribution >= 0.6 is 0 Å². The van der Waals surface area contributed by atoms with E-state index in [0.29, 0.717) is 25.6 Å². The summed E-state index contributed by atoms with van der Waals surface area (Å²) in [5, 5.41) is 3.26. The third-order valence-electron chi connectivity index (χ3n) is 3.43. The summed E-state index contributed by atoms with van der Waals surface area (Å²) in [6, 6.07) is 0. The molecule has 1 atom stereocenters. The Kier molecular flexibility index (Phi) is 4.46. The van der Waals surface area contributed by atoms with Crippen LogP contribution in [-0.4, -0.2) is 47.2 Å². The van der Waals surface area contributed by atoms with Crippen LogP contribution in [-0.2, 0) is 6.54 Å². The maximum atomic E-state index is 12.2. The maximum Gasteiger partial charge on any atom is 0.401 e. The fourth-order valence-electron chi connectivity index (χ4n) is 2.44. The number of alkyl halides is 3. The topological polar surface area (TPSA) is 44.0 Å². The minimum absolute atomic E-state index is 0.293. The molecule has 0 spiro atoms. The molecule has 0 bridgehead atoms. The van der Waals surface area contributed by atoms with Gasteiger partial charge in [0.25, 0.3) is 0 Å². The highest BCUT2D eigenvalue weighted by atomic mass is 19.4. The largest absolute Gasteiger partial charge is 0.401 e. The van der Waals surface area contributed by atoms with E-state index in [0.717, 1.165) is 24.4 Å². The van der Waals surface area contributed by atoms with Gasteiger partial charge in [-0.2, -0.15) is 13.2 Å². The van der Waals surface area contributed by atoms with Crippen LogP contribution in [0.5, 0.6) is 0 Å². The van der Waals surface area contributed by atoms with Crippen molar-refractivity contribution in [3.8, 4) is 0 Å². The van der Waals surface area contributed by atoms with Gasteiger partial charge in [0.15, 0.2) is 0 Å². The smallest absolute Gasteiger partial charge is 0.348 e. The van der Waals surface area contributed by atoms with Crippen LogP contribution in [0.15, 0.2) is 6.33 Å². The van der Waals surface area contributed by atoms with Crippen molar-refractivity contribution in [2.75, 3.05) is 26.2 Å². The molecule has 2 N–H and O–H groups in total. The Hall–Kier alpha value is -1.08. The van der Waals surface area contributed by atoms with Crippen molar-refractivity contribution >= 4 is 0 Å². The van der Waals surface area contributed by atoms with E-state index in [2.05, 4.69) is 15.3 Å². The quantitative estimate of drug-likeness (QED) is 0.860. The highest BCUT2D eigenvalue weighted by Gasteiger charge is 2.34. The first-order valence-corrected chi connectivity index (χ1v) is 6.43. The predicted molar refractivity (Wildman–Crippen MR) is 65.6 cm³/mol. The van der Waals surface area contributed by atoms with Gasteiger partial charge in [0.2, 0.25) is 0 Å². The van der Waals surface area contributed by atoms with Gasteiger partial charge in [-0.1, -0.05) is 0 Å². The molecule has 1 aliphatic rings. The molecule has 0 aromatic carbocycles. The van der Waals surface area contributed by atoms with Gasteiger partial charge < -0.3 is 10.3 Å². The number of hydrogen-bond acceptors (Lipinski definition) is 3. The Labute approximate surface area is 110 Å². The van der Waals surface area contributed by atoms with E-state index < -0.39 is 12.7 Å². The van der Waals surface area contributed by atoms with E-state index in [1.54, 1.807) is 6.33 Å². The van der Waals surface area contributed by atoms with Crippen LogP contribution < -0.4 is 5.32 Å². The zero-order chi connectivity index (χ0) is 13.9. The van der Waals surface area contributed by atoms with Gasteiger partial charge in [0.05, 0.1) is 18.6 Å². The number of aromatic nitrogens is 2. The lowest BCUT2D eigenvalue weighted by atomic mass is 10.1. The third kappa shape index (κ3) is 4.50. The number of likely N-dealkylation sites (tertiary alicyclic amines) is 1. The van der Waals surface area contributed by atoms with Gasteiger partial charge in [-0.05, 0) is 32.4 Å². The van der Waals surface area contributed by atoms with Crippen LogP contribution in [0, 0.1) is 12.8 Å². The lowest BCUT2D eigenvalue weighted by Gasteiger charge is -2.17. The fraction of sp³-hybridized carbons (Fsp3) is 0.750. The summed E-state index contributed by atoms with van der Waals surface area (Å²) in [4.78, 5) is 8.64. The molecule has 2 rings (SSSR count). The first-order valence-electron chi connectivity index (χ1n) is 6.43. The highest BCUT2D eigenvalue weighted by molar-refractivity contribution is 5.07. The molecule has 0 saturated carbocycles. The summed E-state index contributed by atoms with van der Waals surface area (Å²) in [6.45, 7) is 3.61. The number of aryl methyl sites for hydroxylation is 1. The van der Waals surface area contributed by atoms with E-state index in [1.165, 1.54) is 4.90 Å². The van der Waals surface area contributed by atoms with Crippen molar-refractivity contribution in [3.63, 3.8) is 0 Å². The molecule has 1 saturated heterocycles. The minimum Gasteiger partial charge on any atom is -0.348 e. The normalized spacial score (nSPS) is 21.2. The van der Waals surface area contributed by atoms with Crippen molar-refractivity contribution in [1.29, 1.82) is 0 Å². The number of hydrogen-bond donors (Lipinski definition) is 2. The summed E-state index contributed by atoms with van der Waals surface area (Å²) >= 11 is 0. The number of H-pyrrole nitrogens is 1. The van der Waals surface area contributed by atoms with Gasteiger partial charge in [-0.15, -0.1) is 0 Å². The van der Waals surface area contributed by atoms with E-state index in [4.69, 9.17) is 0 Å². The van der Waals surface area contributed by atoms with Crippen LogP contribution in [0.25, 0.3) is 0 Å². The van der Waals surface area contributed by atoms with E-state index >= 15 is 0 Å². The molecule has 1 aromatic rings. The van der Waals surface area contributed by atoms with Crippen molar-refractivity contribution in [3.05, 3.63) is 17.7 Å². The second kappa shape index (κ2) is 5.92. The Morgan fingerprint density at radius 3 is 2.95 bits per heavy atom. The fourth-order valence-corrected chi connectivity index (χ4v) is 2.44. The van der Waals surface area contributed by atoms with Crippen molar-refractivity contribution in [1.82, 2.24) is 20.2 Å². The van der Waals surface area contributed by atoms with Crippen molar-refractivity contribution in [2.45, 2.75) is 26.1 Å². The number of rotatable bonds is 5. The van der Waals surface area contributed by atoms with E-state index in [-0.39, 0.29) is 0 Å². The van der Waals surface area contributed by atoms with Crippen LogP contribution in [0.4, 0.5) is 13.2 Å². The number of imidazole rings is 1. The molecular weight excluding hydrogens is 257 g/mol. The number of aromatic amines is 1. The molecule has 1 aliphatic heterocycles. The van der Waals surface area contributed by atoms with Crippen molar-refractivity contribution in [2.24, 2.45) is 5.92 Å². The molecule has 0 radical (unpaired) electrons. The number of nitrogens with zero attached hydrogens (tertiary/aromatic N) is 2. The molecular formula is C12H19F3N4. The molecule has 1 aromatic heterocycles. The minimum atomic E-state index is -4.09. The Morgan fingerprint density at radius 1 is 1.53 bits per heavy atom. The zero-order valence-corrected chi connectivity index (χ0v) is 10.9. The average Bonchev–Trinajstić information content (AvgIpc) is 2.87. The summed E-state index contributed by atoms with van der Waals surface area (Å²) in [6.07, 6.45) is -1.62. The van der Waals surface area contributed by atoms with Gasteiger partial charge in [-0.3, -0.25) is 4.90 Å². The van der Waals surface area contributed by atoms with E-state index in [9.17, 15) is 13.2 Å². The maximum absolute atomic E-state index is 12.2.